The number of fused-ring (bicyclic) bond motifs is 2. The number of nitriles is 1. The Morgan fingerprint density at radius 2 is 2.00 bits per heavy atom. The van der Waals surface area contributed by atoms with Crippen LogP contribution in [-0.4, -0.2) is 71.7 Å². The number of rotatable bonds is 7. The molecular weight excluding hydrogens is 462 g/mol. The molecule has 2 atom stereocenters. The molecule has 3 aromatic rings. The van der Waals surface area contributed by atoms with E-state index in [2.05, 4.69) is 75.6 Å². The van der Waals surface area contributed by atoms with Gasteiger partial charge < -0.3 is 19.9 Å². The third-order valence-electron chi connectivity index (χ3n) is 8.05. The van der Waals surface area contributed by atoms with Gasteiger partial charge in [0.05, 0.1) is 18.2 Å². The molecule has 0 spiro atoms. The quantitative estimate of drug-likeness (QED) is 0.533. The first-order valence-electron chi connectivity index (χ1n) is 13.4. The number of anilines is 1. The minimum Gasteiger partial charge on any atom is -0.462 e. The van der Waals surface area contributed by atoms with Crippen molar-refractivity contribution in [2.75, 3.05) is 44.7 Å². The normalized spacial score (nSPS) is 22.3. The molecule has 8 nitrogen and oxygen atoms in total. The Bertz CT molecular complexity index is 1300. The van der Waals surface area contributed by atoms with Gasteiger partial charge in [-0.05, 0) is 42.8 Å². The molecule has 8 heteroatoms. The Labute approximate surface area is 218 Å². The Morgan fingerprint density at radius 3 is 2.86 bits per heavy atom. The highest BCUT2D eigenvalue weighted by molar-refractivity contribution is 5.85. The number of nitrogens with one attached hydrogen (secondary N) is 1. The van der Waals surface area contributed by atoms with E-state index in [1.165, 1.54) is 28.3 Å². The van der Waals surface area contributed by atoms with Gasteiger partial charge in [0.25, 0.3) is 0 Å². The fraction of sp³-hybridized carbons (Fsp3) is 0.483. The lowest BCUT2D eigenvalue weighted by Gasteiger charge is -2.34. The number of hydrogen-bond donors (Lipinski definition) is 1. The van der Waals surface area contributed by atoms with Crippen molar-refractivity contribution in [3.63, 3.8) is 0 Å². The van der Waals surface area contributed by atoms with Crippen LogP contribution in [0.15, 0.2) is 42.5 Å². The highest BCUT2D eigenvalue weighted by atomic mass is 16.5. The van der Waals surface area contributed by atoms with Crippen molar-refractivity contribution in [3.8, 4) is 12.1 Å². The molecular formula is C29H35N7O. The number of nitrogens with zero attached hydrogens (tertiary/aromatic N) is 6. The molecule has 1 aromatic heterocycles. The third-order valence-corrected chi connectivity index (χ3v) is 8.05. The first kappa shape index (κ1) is 24.1. The van der Waals surface area contributed by atoms with Crippen molar-refractivity contribution in [1.29, 1.82) is 5.26 Å². The molecule has 192 valence electrons. The summed E-state index contributed by atoms with van der Waals surface area (Å²) in [6.07, 6.45) is 2.86. The molecule has 2 saturated heterocycles. The Kier molecular flexibility index (Phi) is 6.92. The Morgan fingerprint density at radius 1 is 1.11 bits per heavy atom. The van der Waals surface area contributed by atoms with Crippen LogP contribution in [0, 0.1) is 11.3 Å². The van der Waals surface area contributed by atoms with Gasteiger partial charge in [-0.2, -0.15) is 15.2 Å². The Hall–Kier alpha value is -3.25. The lowest BCUT2D eigenvalue weighted by Crippen LogP contribution is -2.51. The average molecular weight is 498 g/mol. The van der Waals surface area contributed by atoms with E-state index in [0.717, 1.165) is 63.7 Å². The predicted molar refractivity (Wildman–Crippen MR) is 144 cm³/mol. The second-order valence-electron chi connectivity index (χ2n) is 10.6. The van der Waals surface area contributed by atoms with Crippen LogP contribution in [0.5, 0.6) is 6.01 Å². The monoisotopic (exact) mass is 497 g/mol. The fourth-order valence-electron chi connectivity index (χ4n) is 6.01. The third kappa shape index (κ3) is 5.12. The number of hydrogen-bond acceptors (Lipinski definition) is 8. The van der Waals surface area contributed by atoms with Crippen molar-refractivity contribution in [2.45, 2.75) is 51.0 Å². The molecule has 0 amide bonds. The van der Waals surface area contributed by atoms with Gasteiger partial charge in [-0.3, -0.25) is 4.90 Å². The van der Waals surface area contributed by atoms with E-state index in [-0.39, 0.29) is 6.04 Å². The molecule has 37 heavy (non-hydrogen) atoms. The van der Waals surface area contributed by atoms with Gasteiger partial charge >= 0.3 is 6.01 Å². The van der Waals surface area contributed by atoms with Gasteiger partial charge in [0, 0.05) is 56.9 Å². The van der Waals surface area contributed by atoms with Crippen LogP contribution >= 0.6 is 0 Å². The number of ether oxygens (including phenoxy) is 1. The van der Waals surface area contributed by atoms with Crippen molar-refractivity contribution in [1.82, 2.24) is 25.1 Å². The molecule has 2 fully saturated rings. The standard InChI is InChI=1S/C29H35N7O/c1-34-14-5-9-24(34)20-37-29-32-27-19-35(16-22-8-4-7-21-6-2-3-10-25(21)22)18-26(27)28(33-29)36-15-13-31-23(17-36)11-12-30/h2-4,6-8,10,23-24,31H,5,9,11,13-20H2,1H3. The van der Waals surface area contributed by atoms with Crippen LogP contribution < -0.4 is 15.0 Å². The lowest BCUT2D eigenvalue weighted by atomic mass is 10.0. The van der Waals surface area contributed by atoms with Crippen LogP contribution in [0.1, 0.15) is 36.1 Å². The predicted octanol–water partition coefficient (Wildman–Crippen LogP) is 3.31. The van der Waals surface area contributed by atoms with Crippen molar-refractivity contribution in [3.05, 3.63) is 59.3 Å². The SMILES string of the molecule is CN1CCCC1COc1nc2c(c(N3CCNC(CC#N)C3)n1)CN(Cc1cccc3ccccc13)C2. The molecule has 3 aliphatic rings. The van der Waals surface area contributed by atoms with Crippen molar-refractivity contribution < 1.29 is 4.74 Å². The van der Waals surface area contributed by atoms with E-state index < -0.39 is 0 Å². The van der Waals surface area contributed by atoms with E-state index in [0.29, 0.717) is 25.1 Å². The number of likely N-dealkylation sites (N-methyl/N-ethyl adjacent to an activating group) is 1. The maximum absolute atomic E-state index is 9.25. The molecule has 2 aromatic carbocycles. The van der Waals surface area contributed by atoms with Crippen molar-refractivity contribution in [2.24, 2.45) is 0 Å². The van der Waals surface area contributed by atoms with Crippen LogP contribution in [0.4, 0.5) is 5.82 Å². The summed E-state index contributed by atoms with van der Waals surface area (Å²) in [5, 5.41) is 15.3. The number of piperazine rings is 1. The molecule has 2 unspecified atom stereocenters. The Balaban J connectivity index is 1.26. The summed E-state index contributed by atoms with van der Waals surface area (Å²) in [6.45, 7) is 6.66. The zero-order valence-corrected chi connectivity index (χ0v) is 21.6. The molecule has 6 rings (SSSR count). The highest BCUT2D eigenvalue weighted by Crippen LogP contribution is 2.33. The van der Waals surface area contributed by atoms with Gasteiger partial charge in [0.15, 0.2) is 0 Å². The summed E-state index contributed by atoms with van der Waals surface area (Å²) >= 11 is 0. The minimum atomic E-state index is 0.147. The van der Waals surface area contributed by atoms with E-state index in [9.17, 15) is 5.26 Å². The topological polar surface area (TPSA) is 80.5 Å². The zero-order valence-electron chi connectivity index (χ0n) is 21.6. The summed E-state index contributed by atoms with van der Waals surface area (Å²) in [5.41, 5.74) is 3.59. The van der Waals surface area contributed by atoms with Crippen LogP contribution in [0.2, 0.25) is 0 Å². The van der Waals surface area contributed by atoms with E-state index in [4.69, 9.17) is 14.7 Å². The van der Waals surface area contributed by atoms with E-state index >= 15 is 0 Å². The van der Waals surface area contributed by atoms with Crippen LogP contribution in [-0.2, 0) is 19.6 Å². The summed E-state index contributed by atoms with van der Waals surface area (Å²) in [4.78, 5) is 17.0. The second-order valence-corrected chi connectivity index (χ2v) is 10.6. The zero-order chi connectivity index (χ0) is 25.2. The summed E-state index contributed by atoms with van der Waals surface area (Å²) in [5.74, 6) is 0.977. The first-order chi connectivity index (χ1) is 18.2. The van der Waals surface area contributed by atoms with E-state index in [1.54, 1.807) is 0 Å². The maximum Gasteiger partial charge on any atom is 0.318 e. The number of likely N-dealkylation sites (tertiary alicyclic amines) is 1. The number of benzene rings is 2. The smallest absolute Gasteiger partial charge is 0.318 e. The molecule has 0 aliphatic carbocycles. The van der Waals surface area contributed by atoms with E-state index in [1.807, 2.05) is 0 Å². The number of aromatic nitrogens is 2. The molecule has 0 radical (unpaired) electrons. The summed E-state index contributed by atoms with van der Waals surface area (Å²) in [7, 11) is 2.16. The lowest BCUT2D eigenvalue weighted by molar-refractivity contribution is 0.187. The van der Waals surface area contributed by atoms with Gasteiger partial charge in [0.2, 0.25) is 0 Å². The summed E-state index contributed by atoms with van der Waals surface area (Å²) in [6, 6.07) is 18.5. The van der Waals surface area contributed by atoms with Crippen LogP contribution in [0.25, 0.3) is 10.8 Å². The second kappa shape index (κ2) is 10.6. The van der Waals surface area contributed by atoms with Gasteiger partial charge in [0.1, 0.15) is 12.4 Å². The maximum atomic E-state index is 9.25. The summed E-state index contributed by atoms with van der Waals surface area (Å²) < 4.78 is 6.23. The molecule has 0 saturated carbocycles. The molecule has 3 aliphatic heterocycles. The van der Waals surface area contributed by atoms with Gasteiger partial charge in [-0.25, -0.2) is 0 Å². The first-order valence-corrected chi connectivity index (χ1v) is 13.4. The largest absolute Gasteiger partial charge is 0.462 e. The fourth-order valence-corrected chi connectivity index (χ4v) is 6.01. The van der Waals surface area contributed by atoms with Gasteiger partial charge in [-0.1, -0.05) is 42.5 Å². The molecule has 1 N–H and O–H groups in total. The van der Waals surface area contributed by atoms with Crippen molar-refractivity contribution >= 4 is 16.6 Å². The average Bonchev–Trinajstić information content (AvgIpc) is 3.52. The molecule has 0 bridgehead atoms. The van der Waals surface area contributed by atoms with Crippen LogP contribution in [0.3, 0.4) is 0 Å². The highest BCUT2D eigenvalue weighted by Gasteiger charge is 2.31. The minimum absolute atomic E-state index is 0.147. The molecule has 4 heterocycles. The van der Waals surface area contributed by atoms with Gasteiger partial charge in [-0.15, -0.1) is 0 Å².